The molecule has 0 atom stereocenters. The lowest BCUT2D eigenvalue weighted by Gasteiger charge is -2.33. The molecule has 1 aliphatic rings. The first kappa shape index (κ1) is 26.6. The van der Waals surface area contributed by atoms with Crippen LogP contribution in [0.4, 0.5) is 5.69 Å². The van der Waals surface area contributed by atoms with Gasteiger partial charge < -0.3 is 19.9 Å². The van der Waals surface area contributed by atoms with Crippen molar-refractivity contribution in [2.45, 2.75) is 44.7 Å². The Morgan fingerprint density at radius 1 is 0.919 bits per heavy atom. The molecule has 1 saturated carbocycles. The molecule has 1 N–H and O–H groups in total. The van der Waals surface area contributed by atoms with E-state index in [1.807, 2.05) is 84.7 Å². The lowest BCUT2D eigenvalue weighted by molar-refractivity contribution is -0.131. The molecule has 3 aromatic rings. The Labute approximate surface area is 224 Å². The van der Waals surface area contributed by atoms with E-state index in [2.05, 4.69) is 5.32 Å². The molecular formula is C30H34ClN3O3. The summed E-state index contributed by atoms with van der Waals surface area (Å²) in [6.07, 6.45) is 5.56. The molecule has 194 valence electrons. The lowest BCUT2D eigenvalue weighted by Crippen LogP contribution is -2.46. The molecular weight excluding hydrogens is 486 g/mol. The van der Waals surface area contributed by atoms with E-state index < -0.39 is 0 Å². The minimum absolute atomic E-state index is 0.0101. The van der Waals surface area contributed by atoms with Crippen LogP contribution >= 0.6 is 11.6 Å². The molecule has 0 unspecified atom stereocenters. The van der Waals surface area contributed by atoms with Crippen molar-refractivity contribution < 1.29 is 14.3 Å². The van der Waals surface area contributed by atoms with Crippen molar-refractivity contribution in [1.29, 1.82) is 0 Å². The maximum atomic E-state index is 13.4. The van der Waals surface area contributed by atoms with Crippen LogP contribution < -0.4 is 15.0 Å². The SMILES string of the molecule is CN(C(=O)CN(CC(=O)NCc1cccc(Cl)c1)c1ccccc1Oc1ccccc1)C1CCCCC1. The van der Waals surface area contributed by atoms with E-state index in [9.17, 15) is 9.59 Å². The van der Waals surface area contributed by atoms with Gasteiger partial charge in [-0.3, -0.25) is 9.59 Å². The summed E-state index contributed by atoms with van der Waals surface area (Å²) in [4.78, 5) is 30.1. The van der Waals surface area contributed by atoms with Gasteiger partial charge >= 0.3 is 0 Å². The van der Waals surface area contributed by atoms with Crippen molar-refractivity contribution in [2.24, 2.45) is 0 Å². The van der Waals surface area contributed by atoms with Gasteiger partial charge in [0.25, 0.3) is 0 Å². The summed E-state index contributed by atoms with van der Waals surface area (Å²) in [7, 11) is 1.88. The molecule has 0 heterocycles. The largest absolute Gasteiger partial charge is 0.455 e. The molecule has 0 aromatic heterocycles. The van der Waals surface area contributed by atoms with Crippen LogP contribution in [0.2, 0.25) is 5.02 Å². The summed E-state index contributed by atoms with van der Waals surface area (Å²) >= 11 is 6.08. The fourth-order valence-corrected chi connectivity index (χ4v) is 4.88. The molecule has 6 nitrogen and oxygen atoms in total. The molecule has 3 aromatic carbocycles. The molecule has 0 saturated heterocycles. The number of nitrogens with zero attached hydrogens (tertiary/aromatic N) is 2. The lowest BCUT2D eigenvalue weighted by atomic mass is 9.94. The Morgan fingerprint density at radius 2 is 1.65 bits per heavy atom. The van der Waals surface area contributed by atoms with Crippen molar-refractivity contribution in [1.82, 2.24) is 10.2 Å². The van der Waals surface area contributed by atoms with E-state index >= 15 is 0 Å². The first-order valence-corrected chi connectivity index (χ1v) is 13.2. The Bertz CT molecular complexity index is 1180. The number of para-hydroxylation sites is 3. The minimum atomic E-state index is -0.192. The van der Waals surface area contributed by atoms with Crippen LogP contribution in [0.15, 0.2) is 78.9 Å². The van der Waals surface area contributed by atoms with Gasteiger partial charge in [-0.1, -0.05) is 73.3 Å². The first-order valence-electron chi connectivity index (χ1n) is 12.8. The third kappa shape index (κ3) is 7.73. The number of benzene rings is 3. The Balaban J connectivity index is 1.52. The molecule has 7 heteroatoms. The fourth-order valence-electron chi connectivity index (χ4n) is 4.67. The highest BCUT2D eigenvalue weighted by Gasteiger charge is 2.25. The van der Waals surface area contributed by atoms with Crippen LogP contribution in [0.5, 0.6) is 11.5 Å². The van der Waals surface area contributed by atoms with E-state index in [1.54, 1.807) is 11.0 Å². The average Bonchev–Trinajstić information content (AvgIpc) is 2.92. The monoisotopic (exact) mass is 519 g/mol. The molecule has 37 heavy (non-hydrogen) atoms. The third-order valence-corrected chi connectivity index (χ3v) is 6.97. The van der Waals surface area contributed by atoms with Crippen molar-refractivity contribution in [3.8, 4) is 11.5 Å². The van der Waals surface area contributed by atoms with Crippen LogP contribution in [0, 0.1) is 0 Å². The van der Waals surface area contributed by atoms with Gasteiger partial charge in [-0.25, -0.2) is 0 Å². The fraction of sp³-hybridized carbons (Fsp3) is 0.333. The number of halogens is 1. The summed E-state index contributed by atoms with van der Waals surface area (Å²) in [5.74, 6) is 1.07. The van der Waals surface area contributed by atoms with E-state index in [1.165, 1.54) is 6.42 Å². The van der Waals surface area contributed by atoms with Gasteiger partial charge in [0, 0.05) is 24.7 Å². The van der Waals surface area contributed by atoms with Crippen LogP contribution in [-0.4, -0.2) is 42.9 Å². The quantitative estimate of drug-likeness (QED) is 0.354. The van der Waals surface area contributed by atoms with E-state index in [0.717, 1.165) is 31.2 Å². The maximum absolute atomic E-state index is 13.4. The second-order valence-electron chi connectivity index (χ2n) is 9.44. The second-order valence-corrected chi connectivity index (χ2v) is 9.88. The number of carbonyl (C=O) groups excluding carboxylic acids is 2. The summed E-state index contributed by atoms with van der Waals surface area (Å²) < 4.78 is 6.16. The van der Waals surface area contributed by atoms with E-state index in [-0.39, 0.29) is 30.9 Å². The first-order chi connectivity index (χ1) is 18.0. The topological polar surface area (TPSA) is 61.9 Å². The normalized spacial score (nSPS) is 13.6. The highest BCUT2D eigenvalue weighted by atomic mass is 35.5. The van der Waals surface area contributed by atoms with Crippen molar-refractivity contribution in [2.75, 3.05) is 25.0 Å². The van der Waals surface area contributed by atoms with Crippen molar-refractivity contribution in [3.63, 3.8) is 0 Å². The summed E-state index contributed by atoms with van der Waals surface area (Å²) in [6, 6.07) is 24.6. The predicted octanol–water partition coefficient (Wildman–Crippen LogP) is 6.05. The Morgan fingerprint density at radius 3 is 2.41 bits per heavy atom. The van der Waals surface area contributed by atoms with Crippen LogP contribution in [-0.2, 0) is 16.1 Å². The highest BCUT2D eigenvalue weighted by molar-refractivity contribution is 6.30. The number of anilines is 1. The highest BCUT2D eigenvalue weighted by Crippen LogP contribution is 2.32. The van der Waals surface area contributed by atoms with Crippen LogP contribution in [0.3, 0.4) is 0 Å². The van der Waals surface area contributed by atoms with Gasteiger partial charge in [0.15, 0.2) is 5.75 Å². The summed E-state index contributed by atoms with van der Waals surface area (Å²) in [5.41, 5.74) is 1.60. The van der Waals surface area contributed by atoms with Gasteiger partial charge in [0.2, 0.25) is 11.8 Å². The number of hydrogen-bond acceptors (Lipinski definition) is 4. The number of carbonyl (C=O) groups is 2. The molecule has 4 rings (SSSR count). The Hall–Kier alpha value is -3.51. The van der Waals surface area contributed by atoms with Gasteiger partial charge in [0.05, 0.1) is 18.8 Å². The number of hydrogen-bond donors (Lipinski definition) is 1. The summed E-state index contributed by atoms with van der Waals surface area (Å²) in [6.45, 7) is 0.443. The van der Waals surface area contributed by atoms with Crippen LogP contribution in [0.25, 0.3) is 0 Å². The van der Waals surface area contributed by atoms with Gasteiger partial charge in [-0.2, -0.15) is 0 Å². The zero-order chi connectivity index (χ0) is 26.0. The number of nitrogens with one attached hydrogen (secondary N) is 1. The Kier molecular flexibility index (Phi) is 9.44. The van der Waals surface area contributed by atoms with E-state index in [0.29, 0.717) is 28.8 Å². The van der Waals surface area contributed by atoms with Gasteiger partial charge in [-0.05, 0) is 54.8 Å². The zero-order valence-corrected chi connectivity index (χ0v) is 22.0. The minimum Gasteiger partial charge on any atom is -0.455 e. The average molecular weight is 520 g/mol. The number of rotatable bonds is 10. The molecule has 0 aliphatic heterocycles. The van der Waals surface area contributed by atoms with E-state index in [4.69, 9.17) is 16.3 Å². The third-order valence-electron chi connectivity index (χ3n) is 6.73. The summed E-state index contributed by atoms with van der Waals surface area (Å²) in [5, 5.41) is 3.58. The van der Waals surface area contributed by atoms with Crippen molar-refractivity contribution >= 4 is 29.1 Å². The predicted molar refractivity (Wildman–Crippen MR) is 148 cm³/mol. The smallest absolute Gasteiger partial charge is 0.242 e. The standard InChI is InChI=1S/C30H34ClN3O3/c1-33(25-13-4-2-5-14-25)30(36)22-34(21-29(35)32-20-23-11-10-12-24(31)19-23)27-17-8-9-18-28(27)37-26-15-6-3-7-16-26/h3,6-12,15-19,25H,2,4-5,13-14,20-22H2,1H3,(H,32,35). The molecule has 0 radical (unpaired) electrons. The molecule has 0 bridgehead atoms. The number of likely N-dealkylation sites (N-methyl/N-ethyl adjacent to an activating group) is 1. The van der Waals surface area contributed by atoms with Gasteiger partial charge in [-0.15, -0.1) is 0 Å². The van der Waals surface area contributed by atoms with Gasteiger partial charge in [0.1, 0.15) is 5.75 Å². The van der Waals surface area contributed by atoms with Crippen LogP contribution in [0.1, 0.15) is 37.7 Å². The molecule has 1 fully saturated rings. The molecule has 2 amide bonds. The van der Waals surface area contributed by atoms with Crippen molar-refractivity contribution in [3.05, 3.63) is 89.4 Å². The molecule has 0 spiro atoms. The maximum Gasteiger partial charge on any atom is 0.242 e. The zero-order valence-electron chi connectivity index (χ0n) is 21.2. The number of ether oxygens (including phenoxy) is 1. The molecule has 1 aliphatic carbocycles. The number of amides is 2. The second kappa shape index (κ2) is 13.2.